The molecule has 1 aromatic carbocycles. The fraction of sp³-hybridized carbons (Fsp3) is 0.619. The molecule has 2 aliphatic rings. The van der Waals surface area contributed by atoms with Gasteiger partial charge in [-0.3, -0.25) is 19.4 Å². The SMILES string of the molecule is COc1cccc(CN2CCNC(=O)[C@@H]2CC(=O)NCCN2CCOCC2)c1OC. The zero-order valence-corrected chi connectivity index (χ0v) is 17.8. The van der Waals surface area contributed by atoms with Gasteiger partial charge in [0.1, 0.15) is 0 Å². The number of nitrogens with zero attached hydrogens (tertiary/aromatic N) is 2. The molecule has 1 aromatic rings. The van der Waals surface area contributed by atoms with Crippen LogP contribution in [0.15, 0.2) is 18.2 Å². The van der Waals surface area contributed by atoms with E-state index in [0.29, 0.717) is 37.7 Å². The molecule has 0 spiro atoms. The molecule has 30 heavy (non-hydrogen) atoms. The predicted molar refractivity (Wildman–Crippen MR) is 112 cm³/mol. The molecule has 9 nitrogen and oxygen atoms in total. The molecule has 1 atom stereocenters. The first-order chi connectivity index (χ1) is 14.6. The Morgan fingerprint density at radius 1 is 1.23 bits per heavy atom. The summed E-state index contributed by atoms with van der Waals surface area (Å²) in [4.78, 5) is 29.3. The Balaban J connectivity index is 1.58. The van der Waals surface area contributed by atoms with E-state index in [4.69, 9.17) is 14.2 Å². The van der Waals surface area contributed by atoms with Crippen LogP contribution in [-0.4, -0.2) is 94.4 Å². The highest BCUT2D eigenvalue weighted by Crippen LogP contribution is 2.32. The molecule has 0 aromatic heterocycles. The number of para-hydroxylation sites is 1. The van der Waals surface area contributed by atoms with E-state index in [2.05, 4.69) is 15.5 Å². The summed E-state index contributed by atoms with van der Waals surface area (Å²) in [6.07, 6.45) is 0.126. The van der Waals surface area contributed by atoms with Crippen molar-refractivity contribution in [3.63, 3.8) is 0 Å². The Kier molecular flexibility index (Phi) is 8.30. The lowest BCUT2D eigenvalue weighted by molar-refractivity contribution is -0.134. The van der Waals surface area contributed by atoms with Crippen LogP contribution in [-0.2, 0) is 20.9 Å². The van der Waals surface area contributed by atoms with Crippen molar-refractivity contribution < 1.29 is 23.8 Å². The number of benzene rings is 1. The van der Waals surface area contributed by atoms with E-state index in [1.54, 1.807) is 14.2 Å². The second-order valence-corrected chi connectivity index (χ2v) is 7.44. The van der Waals surface area contributed by atoms with Crippen molar-refractivity contribution in [2.24, 2.45) is 0 Å². The topological polar surface area (TPSA) is 92.4 Å². The summed E-state index contributed by atoms with van der Waals surface area (Å²) >= 11 is 0. The zero-order chi connectivity index (χ0) is 21.3. The second-order valence-electron chi connectivity index (χ2n) is 7.44. The Bertz CT molecular complexity index is 723. The van der Waals surface area contributed by atoms with Crippen molar-refractivity contribution in [2.75, 3.05) is 66.7 Å². The van der Waals surface area contributed by atoms with Crippen LogP contribution in [0, 0.1) is 0 Å². The van der Waals surface area contributed by atoms with Crippen molar-refractivity contribution in [1.82, 2.24) is 20.4 Å². The molecule has 2 amide bonds. The van der Waals surface area contributed by atoms with Crippen LogP contribution in [0.2, 0.25) is 0 Å². The van der Waals surface area contributed by atoms with Crippen molar-refractivity contribution in [2.45, 2.75) is 19.0 Å². The number of morpholine rings is 1. The average molecular weight is 421 g/mol. The van der Waals surface area contributed by atoms with Gasteiger partial charge in [0.25, 0.3) is 0 Å². The number of rotatable bonds is 9. The number of carbonyl (C=O) groups is 2. The predicted octanol–water partition coefficient (Wildman–Crippen LogP) is -0.157. The number of methoxy groups -OCH3 is 2. The number of ether oxygens (including phenoxy) is 3. The first-order valence-corrected chi connectivity index (χ1v) is 10.4. The third-order valence-electron chi connectivity index (χ3n) is 5.53. The smallest absolute Gasteiger partial charge is 0.237 e. The highest BCUT2D eigenvalue weighted by atomic mass is 16.5. The molecule has 0 aliphatic carbocycles. The summed E-state index contributed by atoms with van der Waals surface area (Å²) in [5, 5.41) is 5.82. The summed E-state index contributed by atoms with van der Waals surface area (Å²) in [5.74, 6) is 1.06. The summed E-state index contributed by atoms with van der Waals surface area (Å²) in [6.45, 7) is 6.32. The minimum Gasteiger partial charge on any atom is -0.493 e. The third-order valence-corrected chi connectivity index (χ3v) is 5.53. The molecule has 166 valence electrons. The van der Waals surface area contributed by atoms with Crippen LogP contribution < -0.4 is 20.1 Å². The molecule has 2 heterocycles. The molecular formula is C21H32N4O5. The molecule has 0 saturated carbocycles. The van der Waals surface area contributed by atoms with Gasteiger partial charge in [0.05, 0.1) is 39.9 Å². The van der Waals surface area contributed by atoms with E-state index in [9.17, 15) is 9.59 Å². The molecule has 2 fully saturated rings. The van der Waals surface area contributed by atoms with Crippen LogP contribution in [0.5, 0.6) is 11.5 Å². The summed E-state index contributed by atoms with van der Waals surface area (Å²) in [5.41, 5.74) is 0.921. The van der Waals surface area contributed by atoms with Gasteiger partial charge in [-0.25, -0.2) is 0 Å². The maximum atomic E-state index is 12.5. The lowest BCUT2D eigenvalue weighted by atomic mass is 10.1. The first kappa shape index (κ1) is 22.3. The number of nitrogens with one attached hydrogen (secondary N) is 2. The van der Waals surface area contributed by atoms with Gasteiger partial charge in [-0.1, -0.05) is 12.1 Å². The molecule has 9 heteroatoms. The number of amides is 2. The lowest BCUT2D eigenvalue weighted by Crippen LogP contribution is -2.56. The monoisotopic (exact) mass is 420 g/mol. The number of hydrogen-bond acceptors (Lipinski definition) is 7. The van der Waals surface area contributed by atoms with Gasteiger partial charge in [0.15, 0.2) is 11.5 Å². The maximum Gasteiger partial charge on any atom is 0.237 e. The molecule has 0 bridgehead atoms. The van der Waals surface area contributed by atoms with E-state index < -0.39 is 6.04 Å². The molecule has 2 N–H and O–H groups in total. The number of piperazine rings is 1. The Labute approximate surface area is 177 Å². The number of carbonyl (C=O) groups excluding carboxylic acids is 2. The van der Waals surface area contributed by atoms with Gasteiger partial charge >= 0.3 is 0 Å². The summed E-state index contributed by atoms with van der Waals surface area (Å²) < 4.78 is 16.2. The number of hydrogen-bond donors (Lipinski definition) is 2. The second kappa shape index (κ2) is 11.1. The molecule has 3 rings (SSSR count). The molecule has 2 aliphatic heterocycles. The highest BCUT2D eigenvalue weighted by molar-refractivity contribution is 5.88. The average Bonchev–Trinajstić information content (AvgIpc) is 2.76. The normalized spacial score (nSPS) is 20.5. The summed E-state index contributed by atoms with van der Waals surface area (Å²) in [6, 6.07) is 5.17. The fourth-order valence-electron chi connectivity index (χ4n) is 3.90. The van der Waals surface area contributed by atoms with Crippen molar-refractivity contribution in [3.8, 4) is 11.5 Å². The van der Waals surface area contributed by atoms with Crippen LogP contribution in [0.25, 0.3) is 0 Å². The Morgan fingerprint density at radius 3 is 2.77 bits per heavy atom. The van der Waals surface area contributed by atoms with E-state index in [-0.39, 0.29) is 18.2 Å². The quantitative estimate of drug-likeness (QED) is 0.574. The maximum absolute atomic E-state index is 12.5. The minimum atomic E-state index is -0.516. The standard InChI is InChI=1S/C21H32N4O5/c1-28-18-5-3-4-16(20(18)29-2)15-25-9-7-23-21(27)17(25)14-19(26)22-6-8-24-10-12-30-13-11-24/h3-5,17H,6-15H2,1-2H3,(H,22,26)(H,23,27)/t17-/m0/s1. The van der Waals surface area contributed by atoms with Gasteiger partial charge in [0, 0.05) is 51.4 Å². The Morgan fingerprint density at radius 2 is 2.03 bits per heavy atom. The van der Waals surface area contributed by atoms with Crippen LogP contribution in [0.1, 0.15) is 12.0 Å². The van der Waals surface area contributed by atoms with Gasteiger partial charge in [-0.2, -0.15) is 0 Å². The van der Waals surface area contributed by atoms with Crippen molar-refractivity contribution >= 4 is 11.8 Å². The van der Waals surface area contributed by atoms with Crippen molar-refractivity contribution in [1.29, 1.82) is 0 Å². The largest absolute Gasteiger partial charge is 0.493 e. The summed E-state index contributed by atoms with van der Waals surface area (Å²) in [7, 11) is 3.20. The highest BCUT2D eigenvalue weighted by Gasteiger charge is 2.32. The molecule has 2 saturated heterocycles. The van der Waals surface area contributed by atoms with Crippen molar-refractivity contribution in [3.05, 3.63) is 23.8 Å². The van der Waals surface area contributed by atoms with Gasteiger partial charge < -0.3 is 24.8 Å². The van der Waals surface area contributed by atoms with E-state index in [1.165, 1.54) is 0 Å². The molecule has 0 unspecified atom stereocenters. The third kappa shape index (κ3) is 5.84. The van der Waals surface area contributed by atoms with Crippen LogP contribution >= 0.6 is 0 Å². The first-order valence-electron chi connectivity index (χ1n) is 10.4. The van der Waals surface area contributed by atoms with Crippen LogP contribution in [0.4, 0.5) is 0 Å². The Hall–Kier alpha value is -2.36. The van der Waals surface area contributed by atoms with Gasteiger partial charge in [0.2, 0.25) is 11.8 Å². The zero-order valence-electron chi connectivity index (χ0n) is 17.8. The van der Waals surface area contributed by atoms with Crippen LogP contribution in [0.3, 0.4) is 0 Å². The lowest BCUT2D eigenvalue weighted by Gasteiger charge is -2.35. The molecule has 0 radical (unpaired) electrons. The van der Waals surface area contributed by atoms with E-state index in [0.717, 1.165) is 38.4 Å². The van der Waals surface area contributed by atoms with E-state index >= 15 is 0 Å². The fourth-order valence-corrected chi connectivity index (χ4v) is 3.90. The van der Waals surface area contributed by atoms with Gasteiger partial charge in [-0.05, 0) is 6.07 Å². The minimum absolute atomic E-state index is 0.118. The molecular weight excluding hydrogens is 388 g/mol. The van der Waals surface area contributed by atoms with Gasteiger partial charge in [-0.15, -0.1) is 0 Å². The van der Waals surface area contributed by atoms with E-state index in [1.807, 2.05) is 23.1 Å².